The number of piperazine rings is 1. The van der Waals surface area contributed by atoms with Crippen molar-refractivity contribution in [1.29, 1.82) is 0 Å². The maximum absolute atomic E-state index is 16.8. The number of halogens is 3. The van der Waals surface area contributed by atoms with Gasteiger partial charge in [0.05, 0.1) is 26.3 Å². The van der Waals surface area contributed by atoms with E-state index >= 15 is 4.39 Å². The first-order valence-electron chi connectivity index (χ1n) is 14.9. The van der Waals surface area contributed by atoms with Crippen LogP contribution in [-0.2, 0) is 0 Å². The molecule has 0 amide bonds. The van der Waals surface area contributed by atoms with Crippen LogP contribution in [0.1, 0.15) is 38.5 Å². The van der Waals surface area contributed by atoms with Gasteiger partial charge in [0.15, 0.2) is 10.9 Å². The first-order valence-corrected chi connectivity index (χ1v) is 16.1. The lowest BCUT2D eigenvalue weighted by Gasteiger charge is -2.40. The summed E-state index contributed by atoms with van der Waals surface area (Å²) in [5.74, 6) is -0.517. The van der Waals surface area contributed by atoms with Gasteiger partial charge in [-0.2, -0.15) is 9.97 Å². The third-order valence-corrected chi connectivity index (χ3v) is 11.1. The Kier molecular flexibility index (Phi) is 6.35. The molecule has 0 aliphatic carbocycles. The number of aromatic nitrogens is 3. The number of nitrogens with zero attached hydrogens (tertiary/aromatic N) is 5. The highest BCUT2D eigenvalue weighted by atomic mass is 35.5. The lowest BCUT2D eigenvalue weighted by Crippen LogP contribution is -2.58. The summed E-state index contributed by atoms with van der Waals surface area (Å²) < 4.78 is 38.1. The Morgan fingerprint density at radius 3 is 2.77 bits per heavy atom. The first kappa shape index (κ1) is 27.4. The zero-order valence-corrected chi connectivity index (χ0v) is 25.2. The van der Waals surface area contributed by atoms with Crippen LogP contribution in [0.3, 0.4) is 0 Å². The molecule has 8 rings (SSSR count). The zero-order valence-electron chi connectivity index (χ0n) is 23.6. The summed E-state index contributed by atoms with van der Waals surface area (Å²) in [5.41, 5.74) is 6.47. The molecule has 2 bridgehead atoms. The Balaban J connectivity index is 1.28. The molecule has 224 valence electrons. The molecule has 0 spiro atoms. The predicted octanol–water partition coefficient (Wildman–Crippen LogP) is 5.92. The SMILES string of the molecule is C=CC12CCC(CN(c3nc(OCC45CCCN4CCC5)nc4c(F)c(-c5ccc(F)c6sc(N)nc56)c(Cl)cc34)C1)N2. The molecule has 2 aromatic carbocycles. The van der Waals surface area contributed by atoms with E-state index in [2.05, 4.69) is 31.7 Å². The highest BCUT2D eigenvalue weighted by Crippen LogP contribution is 2.44. The van der Waals surface area contributed by atoms with Crippen LogP contribution in [0, 0.1) is 11.6 Å². The van der Waals surface area contributed by atoms with Crippen molar-refractivity contribution in [3.05, 3.63) is 47.5 Å². The number of hydrogen-bond donors (Lipinski definition) is 2. The van der Waals surface area contributed by atoms with E-state index in [1.54, 1.807) is 6.07 Å². The number of nitrogens with two attached hydrogens (primary N) is 1. The van der Waals surface area contributed by atoms with Crippen molar-refractivity contribution >= 4 is 55.0 Å². The molecule has 4 fully saturated rings. The summed E-state index contributed by atoms with van der Waals surface area (Å²) in [7, 11) is 0. The van der Waals surface area contributed by atoms with Gasteiger partial charge in [-0.3, -0.25) is 4.90 Å². The average molecular weight is 624 g/mol. The molecule has 6 heterocycles. The molecule has 2 aromatic heterocycles. The summed E-state index contributed by atoms with van der Waals surface area (Å²) in [6.45, 7) is 8.04. The molecule has 8 nitrogen and oxygen atoms in total. The molecule has 43 heavy (non-hydrogen) atoms. The Labute approximate surface area is 256 Å². The van der Waals surface area contributed by atoms with Crippen LogP contribution in [0.5, 0.6) is 6.01 Å². The predicted molar refractivity (Wildman–Crippen MR) is 167 cm³/mol. The Morgan fingerprint density at radius 2 is 1.98 bits per heavy atom. The maximum atomic E-state index is 16.8. The molecule has 4 saturated heterocycles. The average Bonchev–Trinajstić information content (AvgIpc) is 3.75. The fourth-order valence-electron chi connectivity index (χ4n) is 7.87. The lowest BCUT2D eigenvalue weighted by molar-refractivity contribution is 0.108. The smallest absolute Gasteiger partial charge is 0.319 e. The molecule has 4 aliphatic rings. The van der Waals surface area contributed by atoms with Crippen molar-refractivity contribution < 1.29 is 13.5 Å². The minimum Gasteiger partial charge on any atom is -0.461 e. The Hall–Kier alpha value is -3.12. The van der Waals surface area contributed by atoms with E-state index in [1.165, 1.54) is 12.1 Å². The van der Waals surface area contributed by atoms with E-state index in [0.29, 0.717) is 36.5 Å². The number of rotatable bonds is 6. The number of thiazole rings is 1. The molecule has 3 N–H and O–H groups in total. The fourth-order valence-corrected chi connectivity index (χ4v) is 8.93. The van der Waals surface area contributed by atoms with Crippen LogP contribution >= 0.6 is 22.9 Å². The number of benzene rings is 2. The van der Waals surface area contributed by atoms with Gasteiger partial charge in [-0.1, -0.05) is 29.0 Å². The van der Waals surface area contributed by atoms with Crippen LogP contribution in [0.2, 0.25) is 5.02 Å². The van der Waals surface area contributed by atoms with E-state index < -0.39 is 11.6 Å². The normalized spacial score (nSPS) is 24.7. The largest absolute Gasteiger partial charge is 0.461 e. The highest BCUT2D eigenvalue weighted by molar-refractivity contribution is 7.22. The number of ether oxygens (including phenoxy) is 1. The summed E-state index contributed by atoms with van der Waals surface area (Å²) in [6, 6.07) is 4.88. The van der Waals surface area contributed by atoms with Gasteiger partial charge in [0.1, 0.15) is 23.8 Å². The molecule has 2 unspecified atom stereocenters. The number of nitrogens with one attached hydrogen (secondary N) is 1. The van der Waals surface area contributed by atoms with Gasteiger partial charge in [-0.15, -0.1) is 6.58 Å². The first-order chi connectivity index (χ1) is 20.8. The molecule has 0 radical (unpaired) electrons. The third-order valence-electron chi connectivity index (χ3n) is 9.94. The van der Waals surface area contributed by atoms with Crippen molar-refractivity contribution in [2.24, 2.45) is 0 Å². The number of hydrogen-bond acceptors (Lipinski definition) is 9. The second kappa shape index (κ2) is 9.95. The second-order valence-corrected chi connectivity index (χ2v) is 13.9. The fraction of sp³-hybridized carbons (Fsp3) is 0.452. The van der Waals surface area contributed by atoms with Crippen molar-refractivity contribution in [2.75, 3.05) is 43.4 Å². The lowest BCUT2D eigenvalue weighted by atomic mass is 9.95. The monoisotopic (exact) mass is 623 g/mol. The number of anilines is 2. The molecular weight excluding hydrogens is 592 g/mol. The quantitative estimate of drug-likeness (QED) is 0.256. The van der Waals surface area contributed by atoms with Crippen molar-refractivity contribution in [3.63, 3.8) is 0 Å². The third kappa shape index (κ3) is 4.30. The van der Waals surface area contributed by atoms with Crippen molar-refractivity contribution in [3.8, 4) is 17.1 Å². The topological polar surface area (TPSA) is 92.4 Å². The van der Waals surface area contributed by atoms with Gasteiger partial charge in [0.2, 0.25) is 0 Å². The van der Waals surface area contributed by atoms with Gasteiger partial charge < -0.3 is 20.7 Å². The maximum Gasteiger partial charge on any atom is 0.319 e. The van der Waals surface area contributed by atoms with Crippen molar-refractivity contribution in [1.82, 2.24) is 25.2 Å². The van der Waals surface area contributed by atoms with E-state index in [1.807, 2.05) is 6.08 Å². The van der Waals surface area contributed by atoms with Crippen molar-refractivity contribution in [2.45, 2.75) is 55.6 Å². The van der Waals surface area contributed by atoms with E-state index in [-0.39, 0.29) is 54.6 Å². The summed E-state index contributed by atoms with van der Waals surface area (Å²) >= 11 is 7.86. The summed E-state index contributed by atoms with van der Waals surface area (Å²) in [5, 5.41) is 4.54. The molecule has 4 aromatic rings. The molecule has 0 saturated carbocycles. The van der Waals surface area contributed by atoms with Gasteiger partial charge in [-0.05, 0) is 69.8 Å². The molecular formula is C31H32ClF2N7OS. The Bertz CT molecular complexity index is 1790. The van der Waals surface area contributed by atoms with Crippen LogP contribution in [-0.4, -0.2) is 69.8 Å². The molecule has 2 atom stereocenters. The van der Waals surface area contributed by atoms with Crippen LogP contribution in [0.4, 0.5) is 19.7 Å². The number of fused-ring (bicyclic) bond motifs is 5. The highest BCUT2D eigenvalue weighted by Gasteiger charge is 2.46. The van der Waals surface area contributed by atoms with Gasteiger partial charge in [-0.25, -0.2) is 13.8 Å². The molecule has 4 aliphatic heterocycles. The molecule has 12 heteroatoms. The van der Waals surface area contributed by atoms with E-state index in [9.17, 15) is 4.39 Å². The van der Waals surface area contributed by atoms with E-state index in [4.69, 9.17) is 27.1 Å². The van der Waals surface area contributed by atoms with Gasteiger partial charge in [0.25, 0.3) is 0 Å². The summed E-state index contributed by atoms with van der Waals surface area (Å²) in [6.07, 6.45) is 8.38. The Morgan fingerprint density at radius 1 is 1.16 bits per heavy atom. The van der Waals surface area contributed by atoms with E-state index in [0.717, 1.165) is 63.0 Å². The minimum atomic E-state index is -0.631. The number of nitrogen functional groups attached to an aromatic ring is 1. The van der Waals surface area contributed by atoms with Crippen LogP contribution in [0.25, 0.3) is 32.2 Å². The second-order valence-electron chi connectivity index (χ2n) is 12.4. The standard InChI is InChI=1S/C31H32ClF2N7OS/c1-2-30-10-7-17(39-30)14-40(15-30)27-19-13-20(32)22(18-5-6-21(33)26-25(18)36-28(35)43-26)23(34)24(19)37-29(38-27)42-16-31-8-3-11-41(31)12-4-9-31/h2,5-6,13,17,39H,1,3-4,7-12,14-16H2,(H2,35,36). The van der Waals surface area contributed by atoms with Crippen LogP contribution < -0.4 is 20.7 Å². The van der Waals surface area contributed by atoms with Gasteiger partial charge >= 0.3 is 6.01 Å². The van der Waals surface area contributed by atoms with Gasteiger partial charge in [0, 0.05) is 35.6 Å². The van der Waals surface area contributed by atoms with Crippen LogP contribution in [0.15, 0.2) is 30.9 Å². The minimum absolute atomic E-state index is 0.0203. The summed E-state index contributed by atoms with van der Waals surface area (Å²) in [4.78, 5) is 18.6. The zero-order chi connectivity index (χ0) is 29.5.